The Morgan fingerprint density at radius 3 is 1.66 bits per heavy atom. The summed E-state index contributed by atoms with van der Waals surface area (Å²) >= 11 is 0. The molecule has 0 aliphatic rings. The fourth-order valence-electron chi connectivity index (χ4n) is 6.37. The number of ether oxygens (including phenoxy) is 5. The van der Waals surface area contributed by atoms with Gasteiger partial charge >= 0.3 is 11.9 Å². The first-order chi connectivity index (χ1) is 28.0. The first-order valence-corrected chi connectivity index (χ1v) is 20.9. The monoisotopic (exact) mass is 810 g/mol. The highest BCUT2D eigenvalue weighted by atomic mass is 32.2. The highest BCUT2D eigenvalue weighted by Crippen LogP contribution is 2.36. The second-order valence-corrected chi connectivity index (χ2v) is 15.1. The average molecular weight is 811 g/mol. The molecule has 13 heteroatoms. The van der Waals surface area contributed by atoms with Gasteiger partial charge in [0.25, 0.3) is 0 Å². The molecule has 58 heavy (non-hydrogen) atoms. The largest absolute Gasteiger partial charge is 0.487 e. The highest BCUT2D eigenvalue weighted by molar-refractivity contribution is 7.92. The lowest BCUT2D eigenvalue weighted by atomic mass is 9.89. The van der Waals surface area contributed by atoms with Crippen LogP contribution in [0.1, 0.15) is 53.6 Å². The molecule has 0 radical (unpaired) electrons. The number of benzene rings is 5. The van der Waals surface area contributed by atoms with Gasteiger partial charge in [-0.25, -0.2) is 18.0 Å². The Kier molecular flexibility index (Phi) is 16.1. The zero-order valence-electron chi connectivity index (χ0n) is 32.9. The van der Waals surface area contributed by atoms with Crippen molar-refractivity contribution in [3.8, 4) is 17.2 Å². The molecule has 306 valence electrons. The van der Waals surface area contributed by atoms with Crippen LogP contribution in [0.4, 0.5) is 5.69 Å². The quantitative estimate of drug-likeness (QED) is 0.0704. The third kappa shape index (κ3) is 13.4. The molecule has 5 aromatic carbocycles. The molecule has 2 N–H and O–H groups in total. The predicted molar refractivity (Wildman–Crippen MR) is 221 cm³/mol. The van der Waals surface area contributed by atoms with Gasteiger partial charge in [0.05, 0.1) is 37.8 Å². The first kappa shape index (κ1) is 43.2. The van der Waals surface area contributed by atoms with Gasteiger partial charge in [-0.2, -0.15) is 0 Å². The molecule has 0 aliphatic carbocycles. The van der Waals surface area contributed by atoms with E-state index in [9.17, 15) is 23.1 Å². The summed E-state index contributed by atoms with van der Waals surface area (Å²) < 4.78 is 55.2. The van der Waals surface area contributed by atoms with E-state index in [0.717, 1.165) is 28.5 Å². The van der Waals surface area contributed by atoms with Gasteiger partial charge in [-0.1, -0.05) is 91.0 Å². The molecule has 0 fully saturated rings. The molecule has 0 heterocycles. The van der Waals surface area contributed by atoms with Crippen molar-refractivity contribution in [2.45, 2.75) is 39.0 Å². The minimum atomic E-state index is -3.70. The van der Waals surface area contributed by atoms with Crippen LogP contribution in [0.5, 0.6) is 17.2 Å². The van der Waals surface area contributed by atoms with Gasteiger partial charge in [0.15, 0.2) is 13.2 Å². The van der Waals surface area contributed by atoms with Crippen molar-refractivity contribution < 1.29 is 46.8 Å². The summed E-state index contributed by atoms with van der Waals surface area (Å²) in [5.41, 5.74) is 4.68. The number of carbonyl (C=O) groups is 2. The third-order valence-electron chi connectivity index (χ3n) is 9.07. The number of carbonyl (C=O) groups excluding carboxylic acids is 2. The van der Waals surface area contributed by atoms with Crippen molar-refractivity contribution in [1.82, 2.24) is 4.90 Å². The van der Waals surface area contributed by atoms with E-state index in [1.807, 2.05) is 91.0 Å². The maximum atomic E-state index is 12.6. The standard InChI is InChI=1S/C45H50N2O10S/c1-4-53-44(49)31-55-38-21-16-35(17-22-38)40(36-18-23-39(24-19-36)56-32-45(50)54-5-2)28-47(27-33-12-8-6-9-13-33)42(29-48)37-20-25-43(41(26-37)46-58(3,51)52)57-30-34-14-10-7-11-15-34/h6-26,40,42,46,48H,4-5,27-32H2,1-3H3. The Morgan fingerprint density at radius 1 is 0.672 bits per heavy atom. The summed E-state index contributed by atoms with van der Waals surface area (Å²) in [4.78, 5) is 26.1. The number of nitrogens with zero attached hydrogens (tertiary/aromatic N) is 1. The Bertz CT molecular complexity index is 2080. The van der Waals surface area contributed by atoms with Gasteiger partial charge in [0.1, 0.15) is 23.9 Å². The van der Waals surface area contributed by atoms with Gasteiger partial charge in [-0.15, -0.1) is 0 Å². The van der Waals surface area contributed by atoms with Crippen LogP contribution in [-0.4, -0.2) is 76.2 Å². The number of nitrogens with one attached hydrogen (secondary N) is 1. The van der Waals surface area contributed by atoms with E-state index in [2.05, 4.69) is 9.62 Å². The average Bonchev–Trinajstić information content (AvgIpc) is 3.22. The number of hydrogen-bond acceptors (Lipinski definition) is 11. The second kappa shape index (κ2) is 21.6. The maximum absolute atomic E-state index is 12.6. The van der Waals surface area contributed by atoms with Crippen LogP contribution in [0.25, 0.3) is 0 Å². The normalized spacial score (nSPS) is 11.8. The van der Waals surface area contributed by atoms with Crippen molar-refractivity contribution in [2.24, 2.45) is 0 Å². The highest BCUT2D eigenvalue weighted by Gasteiger charge is 2.27. The lowest BCUT2D eigenvalue weighted by Gasteiger charge is -2.35. The molecule has 0 spiro atoms. The van der Waals surface area contributed by atoms with Gasteiger partial charge in [-0.05, 0) is 78.1 Å². The van der Waals surface area contributed by atoms with Crippen molar-refractivity contribution in [3.63, 3.8) is 0 Å². The van der Waals surface area contributed by atoms with E-state index >= 15 is 0 Å². The van der Waals surface area contributed by atoms with Gasteiger partial charge in [0.2, 0.25) is 10.0 Å². The molecule has 12 nitrogen and oxygen atoms in total. The van der Waals surface area contributed by atoms with Crippen LogP contribution in [0, 0.1) is 0 Å². The van der Waals surface area contributed by atoms with Gasteiger partial charge < -0.3 is 28.8 Å². The molecule has 0 amide bonds. The second-order valence-electron chi connectivity index (χ2n) is 13.4. The maximum Gasteiger partial charge on any atom is 0.344 e. The molecule has 0 aliphatic heterocycles. The van der Waals surface area contributed by atoms with Crippen LogP contribution in [-0.2, 0) is 42.2 Å². The number of aliphatic hydroxyl groups excluding tert-OH is 1. The van der Waals surface area contributed by atoms with E-state index < -0.39 is 28.0 Å². The van der Waals surface area contributed by atoms with Crippen molar-refractivity contribution in [3.05, 3.63) is 155 Å². The van der Waals surface area contributed by atoms with Gasteiger partial charge in [-0.3, -0.25) is 9.62 Å². The number of anilines is 1. The van der Waals surface area contributed by atoms with E-state index in [1.165, 1.54) is 0 Å². The molecule has 0 saturated heterocycles. The number of esters is 2. The summed E-state index contributed by atoms with van der Waals surface area (Å²) in [5, 5.41) is 11.2. The van der Waals surface area contributed by atoms with Crippen molar-refractivity contribution >= 4 is 27.6 Å². The topological polar surface area (TPSA) is 150 Å². The molecule has 5 rings (SSSR count). The van der Waals surface area contributed by atoms with Crippen LogP contribution >= 0.6 is 0 Å². The van der Waals surface area contributed by atoms with Gasteiger partial charge in [0, 0.05) is 19.0 Å². The number of rotatable bonds is 22. The molecule has 1 atom stereocenters. The molecular weight excluding hydrogens is 761 g/mol. The summed E-state index contributed by atoms with van der Waals surface area (Å²) in [6.07, 6.45) is 1.08. The molecule has 0 saturated carbocycles. The molecule has 5 aromatic rings. The Morgan fingerprint density at radius 2 is 1.17 bits per heavy atom. The number of aliphatic hydroxyl groups is 1. The number of sulfonamides is 1. The van der Waals surface area contributed by atoms with Crippen LogP contribution in [0.15, 0.2) is 127 Å². The van der Waals surface area contributed by atoms with Crippen LogP contribution < -0.4 is 18.9 Å². The SMILES string of the molecule is CCOC(=O)COc1ccc(C(CN(Cc2ccccc2)C(CO)c2ccc(OCc3ccccc3)c(NS(C)(=O)=O)c2)c2ccc(OCC(=O)OCC)cc2)cc1. The molecule has 0 aromatic heterocycles. The Hall–Kier alpha value is -5.89. The molecule has 0 bridgehead atoms. The molecular formula is C45H50N2O10S. The first-order valence-electron chi connectivity index (χ1n) is 19.0. The minimum Gasteiger partial charge on any atom is -0.487 e. The van der Waals surface area contributed by atoms with E-state index in [1.54, 1.807) is 50.2 Å². The summed E-state index contributed by atoms with van der Waals surface area (Å²) in [6.45, 7) is 4.30. The van der Waals surface area contributed by atoms with E-state index in [4.69, 9.17) is 23.7 Å². The zero-order chi connectivity index (χ0) is 41.3. The summed E-state index contributed by atoms with van der Waals surface area (Å²) in [6, 6.07) is 39.0. The van der Waals surface area contributed by atoms with Crippen LogP contribution in [0.3, 0.4) is 0 Å². The Balaban J connectivity index is 1.51. The van der Waals surface area contributed by atoms with Crippen LogP contribution in [0.2, 0.25) is 0 Å². The number of hydrogen-bond donors (Lipinski definition) is 2. The fourth-order valence-corrected chi connectivity index (χ4v) is 6.93. The lowest BCUT2D eigenvalue weighted by molar-refractivity contribution is -0.146. The minimum absolute atomic E-state index is 0.223. The Labute approximate surface area is 340 Å². The molecule has 1 unspecified atom stereocenters. The van der Waals surface area contributed by atoms with Crippen molar-refractivity contribution in [1.29, 1.82) is 0 Å². The van der Waals surface area contributed by atoms with E-state index in [-0.39, 0.29) is 51.2 Å². The predicted octanol–water partition coefficient (Wildman–Crippen LogP) is 6.89. The van der Waals surface area contributed by atoms with Crippen molar-refractivity contribution in [2.75, 3.05) is 50.6 Å². The zero-order valence-corrected chi connectivity index (χ0v) is 33.7. The summed E-state index contributed by atoms with van der Waals surface area (Å²) in [7, 11) is -3.70. The lowest BCUT2D eigenvalue weighted by Crippen LogP contribution is -2.35. The third-order valence-corrected chi connectivity index (χ3v) is 9.66. The smallest absolute Gasteiger partial charge is 0.344 e. The summed E-state index contributed by atoms with van der Waals surface area (Å²) in [5.74, 6) is 0.121. The fraction of sp³-hybridized carbons (Fsp3) is 0.289. The van der Waals surface area contributed by atoms with E-state index in [0.29, 0.717) is 35.9 Å².